The molecule has 1 amide bonds. The van der Waals surface area contributed by atoms with Crippen molar-refractivity contribution in [1.82, 2.24) is 10.2 Å². The monoisotopic (exact) mass is 258 g/mol. The van der Waals surface area contributed by atoms with Gasteiger partial charge < -0.3 is 10.2 Å². The SMILES string of the molecule is CC1(C)CCCN1C(=O)[C@@H]1Cc2ccccc2CN1. The zero-order valence-corrected chi connectivity index (χ0v) is 11.8. The molecule has 0 unspecified atom stereocenters. The molecular formula is C16H22N2O. The minimum absolute atomic E-state index is 0.0235. The Bertz CT molecular complexity index is 495. The Kier molecular flexibility index (Phi) is 3.09. The molecule has 0 saturated carbocycles. The van der Waals surface area contributed by atoms with E-state index in [1.807, 2.05) is 0 Å². The standard InChI is InChI=1S/C16H22N2O/c1-16(2)8-5-9-18(16)15(19)14-10-12-6-3-4-7-13(12)11-17-14/h3-4,6-7,14,17H,5,8-11H2,1-2H3/t14-/m0/s1. The second-order valence-corrected chi connectivity index (χ2v) is 6.31. The number of likely N-dealkylation sites (tertiary alicyclic amines) is 1. The molecule has 3 heteroatoms. The number of hydrogen-bond donors (Lipinski definition) is 1. The molecule has 19 heavy (non-hydrogen) atoms. The quantitative estimate of drug-likeness (QED) is 0.836. The van der Waals surface area contributed by atoms with Crippen LogP contribution < -0.4 is 5.32 Å². The highest BCUT2D eigenvalue weighted by Crippen LogP contribution is 2.29. The number of amides is 1. The Balaban J connectivity index is 1.76. The largest absolute Gasteiger partial charge is 0.336 e. The van der Waals surface area contributed by atoms with E-state index >= 15 is 0 Å². The van der Waals surface area contributed by atoms with Crippen LogP contribution in [0.4, 0.5) is 0 Å². The van der Waals surface area contributed by atoms with Crippen LogP contribution in [0.2, 0.25) is 0 Å². The van der Waals surface area contributed by atoms with E-state index in [1.54, 1.807) is 0 Å². The molecule has 0 aromatic heterocycles. The minimum Gasteiger partial charge on any atom is -0.336 e. The summed E-state index contributed by atoms with van der Waals surface area (Å²) in [5.74, 6) is 0.275. The number of carbonyl (C=O) groups excluding carboxylic acids is 1. The zero-order valence-electron chi connectivity index (χ0n) is 11.8. The molecule has 3 nitrogen and oxygen atoms in total. The number of hydrogen-bond acceptors (Lipinski definition) is 2. The number of rotatable bonds is 1. The van der Waals surface area contributed by atoms with Crippen molar-refractivity contribution in [3.63, 3.8) is 0 Å². The summed E-state index contributed by atoms with van der Waals surface area (Å²) in [5, 5.41) is 3.40. The van der Waals surface area contributed by atoms with Crippen molar-refractivity contribution in [2.45, 2.75) is 51.2 Å². The van der Waals surface area contributed by atoms with Crippen molar-refractivity contribution in [1.29, 1.82) is 0 Å². The summed E-state index contributed by atoms with van der Waals surface area (Å²) < 4.78 is 0. The van der Waals surface area contributed by atoms with Gasteiger partial charge in [0.25, 0.3) is 0 Å². The Morgan fingerprint density at radius 2 is 2.05 bits per heavy atom. The van der Waals surface area contributed by atoms with Gasteiger partial charge in [-0.05, 0) is 44.2 Å². The van der Waals surface area contributed by atoms with Crippen LogP contribution in [0.5, 0.6) is 0 Å². The zero-order chi connectivity index (χ0) is 13.5. The van der Waals surface area contributed by atoms with Gasteiger partial charge in [0, 0.05) is 18.6 Å². The first-order valence-electron chi connectivity index (χ1n) is 7.19. The van der Waals surface area contributed by atoms with Crippen molar-refractivity contribution in [3.8, 4) is 0 Å². The van der Waals surface area contributed by atoms with Gasteiger partial charge in [-0.25, -0.2) is 0 Å². The van der Waals surface area contributed by atoms with E-state index in [1.165, 1.54) is 11.1 Å². The average molecular weight is 258 g/mol. The van der Waals surface area contributed by atoms with Crippen molar-refractivity contribution < 1.29 is 4.79 Å². The van der Waals surface area contributed by atoms with Crippen LogP contribution in [0.15, 0.2) is 24.3 Å². The van der Waals surface area contributed by atoms with E-state index in [2.05, 4.69) is 48.3 Å². The fourth-order valence-electron chi connectivity index (χ4n) is 3.33. The van der Waals surface area contributed by atoms with Crippen LogP contribution in [-0.4, -0.2) is 28.9 Å². The van der Waals surface area contributed by atoms with Gasteiger partial charge in [-0.2, -0.15) is 0 Å². The maximum absolute atomic E-state index is 12.7. The van der Waals surface area contributed by atoms with Gasteiger partial charge in [0.1, 0.15) is 0 Å². The van der Waals surface area contributed by atoms with Crippen molar-refractivity contribution >= 4 is 5.91 Å². The predicted octanol–water partition coefficient (Wildman–Crippen LogP) is 2.10. The highest BCUT2D eigenvalue weighted by molar-refractivity contribution is 5.83. The molecule has 0 aliphatic carbocycles. The molecule has 0 bridgehead atoms. The lowest BCUT2D eigenvalue weighted by molar-refractivity contribution is -0.136. The first-order valence-corrected chi connectivity index (χ1v) is 7.19. The molecule has 102 valence electrons. The topological polar surface area (TPSA) is 32.3 Å². The minimum atomic E-state index is -0.0488. The lowest BCUT2D eigenvalue weighted by atomic mass is 9.94. The van der Waals surface area contributed by atoms with Crippen LogP contribution in [0, 0.1) is 0 Å². The molecule has 1 fully saturated rings. The lowest BCUT2D eigenvalue weighted by Crippen LogP contribution is -2.53. The number of nitrogens with one attached hydrogen (secondary N) is 1. The second-order valence-electron chi connectivity index (χ2n) is 6.31. The van der Waals surface area contributed by atoms with Crippen molar-refractivity contribution in [2.24, 2.45) is 0 Å². The second kappa shape index (κ2) is 4.64. The molecule has 2 heterocycles. The fourth-order valence-corrected chi connectivity index (χ4v) is 3.33. The number of benzene rings is 1. The fraction of sp³-hybridized carbons (Fsp3) is 0.562. The average Bonchev–Trinajstić information content (AvgIpc) is 2.77. The van der Waals surface area contributed by atoms with Crippen LogP contribution in [0.3, 0.4) is 0 Å². The Labute approximate surface area is 115 Å². The molecule has 0 spiro atoms. The Morgan fingerprint density at radius 1 is 1.32 bits per heavy atom. The first kappa shape index (κ1) is 12.7. The van der Waals surface area contributed by atoms with Gasteiger partial charge >= 0.3 is 0 Å². The molecule has 1 atom stereocenters. The third kappa shape index (κ3) is 2.27. The summed E-state index contributed by atoms with van der Waals surface area (Å²) in [5.41, 5.74) is 2.67. The molecule has 2 aliphatic heterocycles. The highest BCUT2D eigenvalue weighted by atomic mass is 16.2. The maximum atomic E-state index is 12.7. The van der Waals surface area contributed by atoms with Gasteiger partial charge in [0.05, 0.1) is 6.04 Å². The van der Waals surface area contributed by atoms with Crippen molar-refractivity contribution in [2.75, 3.05) is 6.54 Å². The summed E-state index contributed by atoms with van der Waals surface area (Å²) in [7, 11) is 0. The van der Waals surface area contributed by atoms with Gasteiger partial charge in [-0.15, -0.1) is 0 Å². The van der Waals surface area contributed by atoms with E-state index in [0.29, 0.717) is 0 Å². The van der Waals surface area contributed by atoms with Gasteiger partial charge in [-0.3, -0.25) is 4.79 Å². The number of nitrogens with zero attached hydrogens (tertiary/aromatic N) is 1. The summed E-state index contributed by atoms with van der Waals surface area (Å²) in [4.78, 5) is 14.8. The van der Waals surface area contributed by atoms with E-state index in [9.17, 15) is 4.79 Å². The van der Waals surface area contributed by atoms with Crippen molar-refractivity contribution in [3.05, 3.63) is 35.4 Å². The summed E-state index contributed by atoms with van der Waals surface area (Å²) in [6.45, 7) is 6.07. The normalized spacial score (nSPS) is 25.2. The number of fused-ring (bicyclic) bond motifs is 1. The Hall–Kier alpha value is -1.35. The van der Waals surface area contributed by atoms with Crippen LogP contribution in [-0.2, 0) is 17.8 Å². The highest BCUT2D eigenvalue weighted by Gasteiger charge is 2.38. The maximum Gasteiger partial charge on any atom is 0.240 e. The van der Waals surface area contributed by atoms with E-state index in [0.717, 1.165) is 32.4 Å². The first-order chi connectivity index (χ1) is 9.08. The molecule has 1 saturated heterocycles. The van der Waals surface area contributed by atoms with E-state index in [-0.39, 0.29) is 17.5 Å². The summed E-state index contributed by atoms with van der Waals surface area (Å²) in [6, 6.07) is 8.36. The number of carbonyl (C=O) groups is 1. The predicted molar refractivity (Wildman–Crippen MR) is 75.8 cm³/mol. The molecular weight excluding hydrogens is 236 g/mol. The summed E-state index contributed by atoms with van der Waals surface area (Å²) >= 11 is 0. The van der Waals surface area contributed by atoms with Gasteiger partial charge in [-0.1, -0.05) is 24.3 Å². The third-order valence-corrected chi connectivity index (χ3v) is 4.55. The van der Waals surface area contributed by atoms with E-state index < -0.39 is 0 Å². The van der Waals surface area contributed by atoms with Gasteiger partial charge in [0.15, 0.2) is 0 Å². The Morgan fingerprint density at radius 3 is 2.74 bits per heavy atom. The van der Waals surface area contributed by atoms with Gasteiger partial charge in [0.2, 0.25) is 5.91 Å². The molecule has 3 rings (SSSR count). The lowest BCUT2D eigenvalue weighted by Gasteiger charge is -2.36. The summed E-state index contributed by atoms with van der Waals surface area (Å²) in [6.07, 6.45) is 3.06. The molecule has 1 aromatic rings. The van der Waals surface area contributed by atoms with E-state index in [4.69, 9.17) is 0 Å². The third-order valence-electron chi connectivity index (χ3n) is 4.55. The molecule has 0 radical (unpaired) electrons. The molecule has 1 N–H and O–H groups in total. The smallest absolute Gasteiger partial charge is 0.240 e. The van der Waals surface area contributed by atoms with Crippen LogP contribution in [0.25, 0.3) is 0 Å². The molecule has 2 aliphatic rings. The van der Waals surface area contributed by atoms with Crippen LogP contribution in [0.1, 0.15) is 37.8 Å². The van der Waals surface area contributed by atoms with Crippen LogP contribution >= 0.6 is 0 Å². The molecule has 1 aromatic carbocycles.